The average molecular weight is 421 g/mol. The molecule has 5 nitrogen and oxygen atoms in total. The summed E-state index contributed by atoms with van der Waals surface area (Å²) >= 11 is 5.89. The van der Waals surface area contributed by atoms with Crippen LogP contribution in [-0.2, 0) is 28.3 Å². The third-order valence-electron chi connectivity index (χ3n) is 4.16. The van der Waals surface area contributed by atoms with Gasteiger partial charge in [0.05, 0.1) is 19.0 Å². The molecule has 0 saturated carbocycles. The number of aliphatic carboxylic acids is 1. The molecule has 0 fully saturated rings. The van der Waals surface area contributed by atoms with Gasteiger partial charge in [0, 0.05) is 38.7 Å². The third-order valence-corrected chi connectivity index (χ3v) is 4.42. The van der Waals surface area contributed by atoms with E-state index in [2.05, 4.69) is 0 Å². The number of carbonyl (C=O) groups is 2. The number of ether oxygens (including phenoxy) is 1. The molecule has 1 aromatic heterocycles. The number of hydrogen-bond donors (Lipinski definition) is 1. The molecule has 0 aliphatic heterocycles. The van der Waals surface area contributed by atoms with E-state index < -0.39 is 5.97 Å². The SMILES string of the molecule is COc1ccc2c(c1)c(CC(=O)O)c(C)n2C(=O)c1ccc(Cl)cc1.[Cu]. The number of hydrogen-bond acceptors (Lipinski definition) is 3. The second-order valence-corrected chi connectivity index (χ2v) is 6.10. The van der Waals surface area contributed by atoms with Crippen LogP contribution in [0.15, 0.2) is 42.5 Å². The molecule has 26 heavy (non-hydrogen) atoms. The van der Waals surface area contributed by atoms with Crippen LogP contribution in [0.3, 0.4) is 0 Å². The number of halogens is 1. The Labute approximate surface area is 166 Å². The van der Waals surface area contributed by atoms with Gasteiger partial charge in [-0.2, -0.15) is 0 Å². The quantitative estimate of drug-likeness (QED) is 0.649. The number of nitrogens with zero attached hydrogens (tertiary/aromatic N) is 1. The Morgan fingerprint density at radius 1 is 1.15 bits per heavy atom. The fraction of sp³-hybridized carbons (Fsp3) is 0.158. The first kappa shape index (κ1) is 20.0. The number of rotatable bonds is 4. The monoisotopic (exact) mass is 420 g/mol. The number of carboxylic acid groups (broad SMARTS) is 1. The van der Waals surface area contributed by atoms with Crippen LogP contribution in [-0.4, -0.2) is 28.7 Å². The molecule has 1 radical (unpaired) electrons. The van der Waals surface area contributed by atoms with E-state index >= 15 is 0 Å². The van der Waals surface area contributed by atoms with Gasteiger partial charge in [0.15, 0.2) is 0 Å². The molecule has 3 aromatic rings. The number of methoxy groups -OCH3 is 1. The molecule has 0 unspecified atom stereocenters. The molecule has 0 aliphatic rings. The second kappa shape index (κ2) is 7.96. The number of carbonyl (C=O) groups excluding carboxylic acids is 1. The van der Waals surface area contributed by atoms with Gasteiger partial charge in [-0.1, -0.05) is 11.6 Å². The van der Waals surface area contributed by atoms with Crippen LogP contribution < -0.4 is 4.74 Å². The maximum Gasteiger partial charge on any atom is 0.307 e. The molecule has 0 aliphatic carbocycles. The first-order valence-corrected chi connectivity index (χ1v) is 8.00. The van der Waals surface area contributed by atoms with Crippen molar-refractivity contribution in [1.29, 1.82) is 0 Å². The minimum Gasteiger partial charge on any atom is -0.497 e. The largest absolute Gasteiger partial charge is 0.497 e. The van der Waals surface area contributed by atoms with E-state index in [1.165, 1.54) is 4.57 Å². The van der Waals surface area contributed by atoms with Crippen molar-refractivity contribution in [3.63, 3.8) is 0 Å². The smallest absolute Gasteiger partial charge is 0.307 e. The Balaban J connectivity index is 0.00000243. The summed E-state index contributed by atoms with van der Waals surface area (Å²) in [7, 11) is 1.54. The van der Waals surface area contributed by atoms with E-state index in [0.717, 1.165) is 0 Å². The average Bonchev–Trinajstić information content (AvgIpc) is 2.86. The van der Waals surface area contributed by atoms with Crippen LogP contribution in [0.4, 0.5) is 0 Å². The molecule has 0 bridgehead atoms. The number of carboxylic acids is 1. The summed E-state index contributed by atoms with van der Waals surface area (Å²) in [4.78, 5) is 24.3. The molecule has 0 spiro atoms. The fourth-order valence-corrected chi connectivity index (χ4v) is 3.07. The van der Waals surface area contributed by atoms with Gasteiger partial charge in [-0.25, -0.2) is 0 Å². The van der Waals surface area contributed by atoms with Gasteiger partial charge in [-0.05, 0) is 55.0 Å². The van der Waals surface area contributed by atoms with Crippen molar-refractivity contribution in [3.8, 4) is 5.75 Å². The minimum atomic E-state index is -0.955. The van der Waals surface area contributed by atoms with Gasteiger partial charge in [0.2, 0.25) is 0 Å². The van der Waals surface area contributed by atoms with Crippen molar-refractivity contribution in [1.82, 2.24) is 4.57 Å². The Kier molecular flexibility index (Phi) is 6.13. The van der Waals surface area contributed by atoms with Crippen LogP contribution >= 0.6 is 11.6 Å². The summed E-state index contributed by atoms with van der Waals surface area (Å²) in [6.45, 7) is 1.75. The fourth-order valence-electron chi connectivity index (χ4n) is 2.95. The van der Waals surface area contributed by atoms with E-state index in [1.807, 2.05) is 0 Å². The van der Waals surface area contributed by atoms with Crippen LogP contribution in [0, 0.1) is 6.92 Å². The molecule has 0 amide bonds. The third kappa shape index (κ3) is 3.63. The topological polar surface area (TPSA) is 68.5 Å². The van der Waals surface area contributed by atoms with Crippen LogP contribution in [0.5, 0.6) is 5.75 Å². The van der Waals surface area contributed by atoms with Crippen molar-refractivity contribution < 1.29 is 36.5 Å². The van der Waals surface area contributed by atoms with E-state index in [9.17, 15) is 14.7 Å². The van der Waals surface area contributed by atoms with E-state index in [0.29, 0.717) is 38.5 Å². The standard InChI is InChI=1S/C19H16ClNO4.Cu/c1-11-15(10-18(22)23)16-9-14(25-2)7-8-17(16)21(11)19(24)12-3-5-13(20)6-4-12;/h3-9H,10H2,1-2H3,(H,22,23);. The number of aromatic nitrogens is 1. The van der Waals surface area contributed by atoms with Gasteiger partial charge in [-0.15, -0.1) is 0 Å². The maximum absolute atomic E-state index is 13.0. The molecule has 3 rings (SSSR count). The predicted octanol–water partition coefficient (Wildman–Crippen LogP) is 3.92. The second-order valence-electron chi connectivity index (χ2n) is 5.67. The van der Waals surface area contributed by atoms with Crippen molar-refractivity contribution in [2.45, 2.75) is 13.3 Å². The Morgan fingerprint density at radius 3 is 2.38 bits per heavy atom. The summed E-state index contributed by atoms with van der Waals surface area (Å²) in [5.74, 6) is -0.583. The Bertz CT molecular complexity index is 979. The Hall–Kier alpha value is -2.27. The first-order valence-electron chi connectivity index (χ1n) is 7.62. The maximum atomic E-state index is 13.0. The molecular formula is C19H16ClCuNO4. The molecule has 2 aromatic carbocycles. The molecule has 1 heterocycles. The van der Waals surface area contributed by atoms with E-state index in [1.54, 1.807) is 56.5 Å². The molecule has 7 heteroatoms. The van der Waals surface area contributed by atoms with Crippen molar-refractivity contribution in [2.24, 2.45) is 0 Å². The molecule has 1 N–H and O–H groups in total. The Morgan fingerprint density at radius 2 is 1.81 bits per heavy atom. The first-order chi connectivity index (χ1) is 11.9. The van der Waals surface area contributed by atoms with Crippen LogP contribution in [0.2, 0.25) is 5.02 Å². The normalized spacial score (nSPS) is 10.4. The number of fused-ring (bicyclic) bond motifs is 1. The molecule has 0 atom stereocenters. The molecule has 0 saturated heterocycles. The van der Waals surface area contributed by atoms with Crippen LogP contribution in [0.1, 0.15) is 21.6 Å². The van der Waals surface area contributed by atoms with Crippen molar-refractivity contribution in [2.75, 3.05) is 7.11 Å². The zero-order chi connectivity index (χ0) is 18.1. The summed E-state index contributed by atoms with van der Waals surface area (Å²) in [5.41, 5.74) is 2.32. The zero-order valence-electron chi connectivity index (χ0n) is 14.0. The van der Waals surface area contributed by atoms with E-state index in [-0.39, 0.29) is 29.4 Å². The summed E-state index contributed by atoms with van der Waals surface area (Å²) in [6, 6.07) is 11.9. The predicted molar refractivity (Wildman–Crippen MR) is 95.7 cm³/mol. The minimum absolute atomic E-state index is 0. The summed E-state index contributed by atoms with van der Waals surface area (Å²) < 4.78 is 6.77. The van der Waals surface area contributed by atoms with Gasteiger partial charge in [-0.3, -0.25) is 14.2 Å². The van der Waals surface area contributed by atoms with Crippen molar-refractivity contribution in [3.05, 3.63) is 64.3 Å². The van der Waals surface area contributed by atoms with Crippen molar-refractivity contribution >= 4 is 34.4 Å². The zero-order valence-corrected chi connectivity index (χ0v) is 15.7. The molecular weight excluding hydrogens is 405 g/mol. The van der Waals surface area contributed by atoms with Gasteiger partial charge in [0.1, 0.15) is 5.75 Å². The molecule has 139 valence electrons. The summed E-state index contributed by atoms with van der Waals surface area (Å²) in [6.07, 6.45) is -0.170. The van der Waals surface area contributed by atoms with Gasteiger partial charge >= 0.3 is 5.97 Å². The number of benzene rings is 2. The van der Waals surface area contributed by atoms with Crippen LogP contribution in [0.25, 0.3) is 10.9 Å². The van der Waals surface area contributed by atoms with Gasteiger partial charge < -0.3 is 9.84 Å². The van der Waals surface area contributed by atoms with Gasteiger partial charge in [0.25, 0.3) is 5.91 Å². The van der Waals surface area contributed by atoms with E-state index in [4.69, 9.17) is 16.3 Å². The summed E-state index contributed by atoms with van der Waals surface area (Å²) in [5, 5.41) is 10.5.